The highest BCUT2D eigenvalue weighted by Crippen LogP contribution is 2.38. The van der Waals surface area contributed by atoms with Crippen molar-refractivity contribution in [2.45, 2.75) is 6.04 Å². The van der Waals surface area contributed by atoms with Crippen LogP contribution >= 0.6 is 0 Å². The van der Waals surface area contributed by atoms with Crippen LogP contribution in [0.2, 0.25) is 0 Å². The number of rotatable bonds is 5. The van der Waals surface area contributed by atoms with Gasteiger partial charge in [-0.15, -0.1) is 0 Å². The molecule has 0 saturated carbocycles. The zero-order chi connectivity index (χ0) is 20.7. The van der Waals surface area contributed by atoms with Crippen LogP contribution in [0.1, 0.15) is 27.7 Å². The number of ether oxygens (including phenoxy) is 1. The first-order chi connectivity index (χ1) is 13.9. The minimum absolute atomic E-state index is 0.0128. The van der Waals surface area contributed by atoms with Crippen molar-refractivity contribution in [1.29, 1.82) is 0 Å². The Hall–Kier alpha value is -3.19. The molecule has 0 radical (unpaired) electrons. The number of halogens is 1. The van der Waals surface area contributed by atoms with Crippen LogP contribution in [0.4, 0.5) is 4.39 Å². The number of nitrogens with one attached hydrogen (secondary N) is 1. The molecule has 0 bridgehead atoms. The lowest BCUT2D eigenvalue weighted by Crippen LogP contribution is -3.06. The summed E-state index contributed by atoms with van der Waals surface area (Å²) >= 11 is 0. The summed E-state index contributed by atoms with van der Waals surface area (Å²) in [4.78, 5) is 29.3. The molecule has 2 aromatic carbocycles. The maximum atomic E-state index is 13.9. The molecule has 0 unspecified atom stereocenters. The molecule has 1 amide bonds. The molecule has 0 saturated heterocycles. The molecule has 7 heteroatoms. The van der Waals surface area contributed by atoms with Gasteiger partial charge in [-0.25, -0.2) is 4.39 Å². The van der Waals surface area contributed by atoms with Gasteiger partial charge in [-0.2, -0.15) is 0 Å². The fourth-order valence-corrected chi connectivity index (χ4v) is 3.72. The lowest BCUT2D eigenvalue weighted by atomic mass is 9.98. The summed E-state index contributed by atoms with van der Waals surface area (Å²) < 4.78 is 25.0. The number of hydrogen-bond acceptors (Lipinski definition) is 4. The normalized spacial score (nSPS) is 16.0. The lowest BCUT2D eigenvalue weighted by Gasteiger charge is -2.25. The van der Waals surface area contributed by atoms with Crippen molar-refractivity contribution in [2.75, 3.05) is 34.3 Å². The Kier molecular flexibility index (Phi) is 4.84. The van der Waals surface area contributed by atoms with Crippen molar-refractivity contribution in [1.82, 2.24) is 4.90 Å². The molecule has 1 aliphatic heterocycles. The second-order valence-corrected chi connectivity index (χ2v) is 7.45. The van der Waals surface area contributed by atoms with Crippen molar-refractivity contribution in [3.05, 3.63) is 75.4 Å². The second kappa shape index (κ2) is 7.33. The minimum atomic E-state index is -0.685. The van der Waals surface area contributed by atoms with E-state index in [1.54, 1.807) is 35.2 Å². The monoisotopic (exact) mass is 397 g/mol. The Bertz CT molecular complexity index is 1160. The molecule has 2 heterocycles. The Morgan fingerprint density at radius 1 is 1.17 bits per heavy atom. The molecule has 1 aromatic heterocycles. The van der Waals surface area contributed by atoms with E-state index < -0.39 is 11.9 Å². The molecule has 3 aromatic rings. The summed E-state index contributed by atoms with van der Waals surface area (Å²) in [5, 5.41) is 0.360. The van der Waals surface area contributed by atoms with Crippen molar-refractivity contribution in [2.24, 2.45) is 0 Å². The third-order valence-corrected chi connectivity index (χ3v) is 5.19. The molecule has 29 heavy (non-hydrogen) atoms. The van der Waals surface area contributed by atoms with Gasteiger partial charge in [0.25, 0.3) is 5.91 Å². The smallest absolute Gasteiger partial charge is 0.291 e. The van der Waals surface area contributed by atoms with Crippen molar-refractivity contribution in [3.63, 3.8) is 0 Å². The molecule has 6 nitrogen and oxygen atoms in total. The van der Waals surface area contributed by atoms with Gasteiger partial charge in [-0.3, -0.25) is 9.59 Å². The van der Waals surface area contributed by atoms with Crippen LogP contribution in [-0.2, 0) is 0 Å². The zero-order valence-electron chi connectivity index (χ0n) is 16.5. The standard InChI is InChI=1S/C22H21FN2O4/c1-24(2)9-10-25-19(13-5-4-6-14(23)11-13)18-20(26)16-8-7-15(28-3)12-17(16)29-21(18)22(25)27/h4-8,11-12,19H,9-10H2,1-3H3/p+1/t19-/m1/s1. The third kappa shape index (κ3) is 3.27. The first-order valence-electron chi connectivity index (χ1n) is 9.41. The zero-order valence-corrected chi connectivity index (χ0v) is 16.5. The Morgan fingerprint density at radius 3 is 2.66 bits per heavy atom. The van der Waals surface area contributed by atoms with Crippen LogP contribution in [0.5, 0.6) is 5.75 Å². The molecule has 0 aliphatic carbocycles. The predicted molar refractivity (Wildman–Crippen MR) is 106 cm³/mol. The van der Waals surface area contributed by atoms with E-state index in [4.69, 9.17) is 9.15 Å². The number of nitrogens with zero attached hydrogens (tertiary/aromatic N) is 1. The van der Waals surface area contributed by atoms with Crippen LogP contribution in [0.25, 0.3) is 11.0 Å². The van der Waals surface area contributed by atoms with E-state index in [0.717, 1.165) is 4.90 Å². The van der Waals surface area contributed by atoms with Crippen molar-refractivity contribution in [3.8, 4) is 5.75 Å². The summed E-state index contributed by atoms with van der Waals surface area (Å²) in [5.41, 5.74) is 0.809. The average Bonchev–Trinajstić information content (AvgIpc) is 2.98. The van der Waals surface area contributed by atoms with Gasteiger partial charge in [0.05, 0.1) is 51.3 Å². The number of amides is 1. The fraction of sp³-hybridized carbons (Fsp3) is 0.273. The maximum absolute atomic E-state index is 13.9. The van der Waals surface area contributed by atoms with E-state index in [-0.39, 0.29) is 22.7 Å². The van der Waals surface area contributed by atoms with Crippen molar-refractivity contribution >= 4 is 16.9 Å². The number of methoxy groups -OCH3 is 1. The Morgan fingerprint density at radius 2 is 1.97 bits per heavy atom. The van der Waals surface area contributed by atoms with E-state index in [1.165, 1.54) is 19.2 Å². The molecule has 0 spiro atoms. The van der Waals surface area contributed by atoms with Crippen LogP contribution < -0.4 is 15.1 Å². The summed E-state index contributed by atoms with van der Waals surface area (Å²) in [5.74, 6) is -0.242. The number of benzene rings is 2. The highest BCUT2D eigenvalue weighted by Gasteiger charge is 2.43. The summed E-state index contributed by atoms with van der Waals surface area (Å²) in [7, 11) is 5.48. The highest BCUT2D eigenvalue weighted by atomic mass is 19.1. The van der Waals surface area contributed by atoms with E-state index in [1.807, 2.05) is 14.1 Å². The molecular weight excluding hydrogens is 375 g/mol. The van der Waals surface area contributed by atoms with E-state index >= 15 is 0 Å². The topological polar surface area (TPSA) is 64.2 Å². The number of carbonyl (C=O) groups excluding carboxylic acids is 1. The summed E-state index contributed by atoms with van der Waals surface area (Å²) in [6, 6.07) is 10.2. The van der Waals surface area contributed by atoms with Gasteiger partial charge in [0.1, 0.15) is 17.1 Å². The Labute approximate surface area is 167 Å². The largest absolute Gasteiger partial charge is 0.497 e. The van der Waals surface area contributed by atoms with Gasteiger partial charge in [-0.05, 0) is 29.8 Å². The van der Waals surface area contributed by atoms with Crippen LogP contribution in [-0.4, -0.2) is 45.1 Å². The van der Waals surface area contributed by atoms with Gasteiger partial charge < -0.3 is 19.0 Å². The van der Waals surface area contributed by atoms with Crippen LogP contribution in [0, 0.1) is 5.82 Å². The number of carbonyl (C=O) groups is 1. The summed E-state index contributed by atoms with van der Waals surface area (Å²) in [6.45, 7) is 1.08. The SMILES string of the molecule is COc1ccc2c(=O)c3c(oc2c1)C(=O)N(CC[NH+](C)C)[C@@H]3c1cccc(F)c1. The lowest BCUT2D eigenvalue weighted by molar-refractivity contribution is -0.857. The quantitative estimate of drug-likeness (QED) is 0.711. The van der Waals surface area contributed by atoms with Crippen LogP contribution in [0.15, 0.2) is 51.7 Å². The number of hydrogen-bond donors (Lipinski definition) is 1. The maximum Gasteiger partial charge on any atom is 0.291 e. The molecule has 1 aliphatic rings. The first-order valence-corrected chi connectivity index (χ1v) is 9.41. The van der Waals surface area contributed by atoms with Crippen LogP contribution in [0.3, 0.4) is 0 Å². The minimum Gasteiger partial charge on any atom is -0.497 e. The number of likely N-dealkylation sites (N-methyl/N-ethyl adjacent to an activating group) is 1. The number of fused-ring (bicyclic) bond motifs is 2. The van der Waals surface area contributed by atoms with Gasteiger partial charge in [0.15, 0.2) is 5.43 Å². The van der Waals surface area contributed by atoms with Crippen molar-refractivity contribution < 1.29 is 23.2 Å². The van der Waals surface area contributed by atoms with Gasteiger partial charge in [-0.1, -0.05) is 12.1 Å². The van der Waals surface area contributed by atoms with E-state index in [9.17, 15) is 14.0 Å². The molecule has 0 fully saturated rings. The van der Waals surface area contributed by atoms with E-state index in [0.29, 0.717) is 35.4 Å². The third-order valence-electron chi connectivity index (χ3n) is 5.19. The first kappa shape index (κ1) is 19.1. The van der Waals surface area contributed by atoms with Gasteiger partial charge >= 0.3 is 0 Å². The molecule has 4 rings (SSSR count). The van der Waals surface area contributed by atoms with Gasteiger partial charge in [0, 0.05) is 6.07 Å². The average molecular weight is 397 g/mol. The molecule has 1 N–H and O–H groups in total. The Balaban J connectivity index is 1.94. The molecule has 150 valence electrons. The summed E-state index contributed by atoms with van der Waals surface area (Å²) in [6.07, 6.45) is 0. The predicted octanol–water partition coefficient (Wildman–Crippen LogP) is 1.63. The highest BCUT2D eigenvalue weighted by molar-refractivity contribution is 5.99. The van der Waals surface area contributed by atoms with Gasteiger partial charge in [0.2, 0.25) is 5.76 Å². The molecule has 1 atom stereocenters. The number of quaternary nitrogens is 1. The molecular formula is C22H22FN2O4+. The second-order valence-electron chi connectivity index (χ2n) is 7.45. The van der Waals surface area contributed by atoms with E-state index in [2.05, 4.69) is 0 Å². The fourth-order valence-electron chi connectivity index (χ4n) is 3.72.